The summed E-state index contributed by atoms with van der Waals surface area (Å²) >= 11 is 0. The van der Waals surface area contributed by atoms with Gasteiger partial charge in [0.05, 0.1) is 5.39 Å². The molecule has 1 aliphatic heterocycles. The Balaban J connectivity index is 1.79. The fourth-order valence-electron chi connectivity index (χ4n) is 3.65. The van der Waals surface area contributed by atoms with E-state index in [0.29, 0.717) is 31.5 Å². The van der Waals surface area contributed by atoms with E-state index in [1.54, 1.807) is 9.47 Å². The van der Waals surface area contributed by atoms with Crippen LogP contribution in [0.4, 0.5) is 14.6 Å². The zero-order valence-corrected chi connectivity index (χ0v) is 15.1. The van der Waals surface area contributed by atoms with Gasteiger partial charge in [-0.3, -0.25) is 4.79 Å². The van der Waals surface area contributed by atoms with Crippen molar-refractivity contribution >= 4 is 22.8 Å². The third kappa shape index (κ3) is 3.15. The number of nitrogens with zero attached hydrogens (tertiary/aromatic N) is 3. The molecule has 0 spiro atoms. The highest BCUT2D eigenvalue weighted by Gasteiger charge is 2.29. The van der Waals surface area contributed by atoms with Crippen molar-refractivity contribution in [3.63, 3.8) is 0 Å². The molecule has 4 rings (SSSR count). The zero-order valence-electron chi connectivity index (χ0n) is 15.1. The van der Waals surface area contributed by atoms with Crippen LogP contribution in [-0.4, -0.2) is 40.3 Å². The van der Waals surface area contributed by atoms with Crippen LogP contribution in [0.5, 0.6) is 0 Å². The molecule has 3 N–H and O–H groups in total. The zero-order chi connectivity index (χ0) is 20.0. The van der Waals surface area contributed by atoms with Crippen LogP contribution >= 0.6 is 0 Å². The summed E-state index contributed by atoms with van der Waals surface area (Å²) in [6.45, 7) is 0.635. The molecule has 0 atom stereocenters. The number of pyridine rings is 2. The van der Waals surface area contributed by atoms with E-state index >= 15 is 0 Å². The molecule has 0 radical (unpaired) electrons. The van der Waals surface area contributed by atoms with Crippen LogP contribution in [0.15, 0.2) is 28.5 Å². The number of carbonyl (C=O) groups is 1. The number of hydrogen-bond donors (Lipinski definition) is 2. The van der Waals surface area contributed by atoms with Gasteiger partial charge in [-0.15, -0.1) is 0 Å². The maximum atomic E-state index is 14.8. The first-order valence-corrected chi connectivity index (χ1v) is 9.20. The maximum Gasteiger partial charge on any atom is 0.341 e. The second-order valence-electron chi connectivity index (χ2n) is 7.18. The number of hydrogen-bond acceptors (Lipinski definition) is 5. The van der Waals surface area contributed by atoms with Crippen molar-refractivity contribution in [2.24, 2.45) is 5.73 Å². The van der Waals surface area contributed by atoms with Crippen molar-refractivity contribution in [1.82, 2.24) is 9.55 Å². The Kier molecular flexibility index (Phi) is 4.62. The molecule has 148 valence electrons. The summed E-state index contributed by atoms with van der Waals surface area (Å²) in [7, 11) is 0. The Labute approximate surface area is 159 Å². The Morgan fingerprint density at radius 3 is 2.57 bits per heavy atom. The SMILES string of the molecule is NCC(F)=C1CCN(c2nc3c(cc2F)c(=O)c(C(=O)O)cn3C2CC2)CC1. The van der Waals surface area contributed by atoms with Crippen LogP contribution in [0.25, 0.3) is 11.0 Å². The Bertz CT molecular complexity index is 1050. The van der Waals surface area contributed by atoms with Gasteiger partial charge in [-0.25, -0.2) is 18.6 Å². The lowest BCUT2D eigenvalue weighted by Gasteiger charge is -2.30. The predicted molar refractivity (Wildman–Crippen MR) is 99.8 cm³/mol. The minimum Gasteiger partial charge on any atom is -0.477 e. The van der Waals surface area contributed by atoms with E-state index in [-0.39, 0.29) is 35.3 Å². The van der Waals surface area contributed by atoms with E-state index < -0.39 is 22.8 Å². The number of fused-ring (bicyclic) bond motifs is 1. The molecule has 7 nitrogen and oxygen atoms in total. The van der Waals surface area contributed by atoms with Crippen molar-refractivity contribution in [2.45, 2.75) is 31.7 Å². The summed E-state index contributed by atoms with van der Waals surface area (Å²) in [5.41, 5.74) is 5.13. The van der Waals surface area contributed by atoms with Crippen molar-refractivity contribution in [1.29, 1.82) is 0 Å². The van der Waals surface area contributed by atoms with Gasteiger partial charge in [0.15, 0.2) is 11.6 Å². The van der Waals surface area contributed by atoms with Gasteiger partial charge in [0.25, 0.3) is 0 Å². The summed E-state index contributed by atoms with van der Waals surface area (Å²) in [4.78, 5) is 30.0. The van der Waals surface area contributed by atoms with Crippen LogP contribution in [0.2, 0.25) is 0 Å². The lowest BCUT2D eigenvalue weighted by atomic mass is 10.0. The van der Waals surface area contributed by atoms with Crippen LogP contribution in [0.1, 0.15) is 42.1 Å². The molecule has 1 saturated heterocycles. The first kappa shape index (κ1) is 18.5. The maximum absolute atomic E-state index is 14.8. The van der Waals surface area contributed by atoms with E-state index in [0.717, 1.165) is 18.9 Å². The van der Waals surface area contributed by atoms with Crippen molar-refractivity contribution in [2.75, 3.05) is 24.5 Å². The molecule has 2 aliphatic rings. The van der Waals surface area contributed by atoms with Crippen LogP contribution in [0.3, 0.4) is 0 Å². The van der Waals surface area contributed by atoms with E-state index in [1.807, 2.05) is 0 Å². The quantitative estimate of drug-likeness (QED) is 0.831. The highest BCUT2D eigenvalue weighted by Crippen LogP contribution is 2.37. The molecule has 2 aromatic rings. The minimum absolute atomic E-state index is 0.0418. The lowest BCUT2D eigenvalue weighted by molar-refractivity contribution is 0.0695. The minimum atomic E-state index is -1.34. The fourth-order valence-corrected chi connectivity index (χ4v) is 3.65. The van der Waals surface area contributed by atoms with Crippen LogP contribution < -0.4 is 16.1 Å². The second-order valence-corrected chi connectivity index (χ2v) is 7.18. The lowest BCUT2D eigenvalue weighted by Crippen LogP contribution is -2.33. The van der Waals surface area contributed by atoms with Crippen molar-refractivity contribution in [3.8, 4) is 0 Å². The third-order valence-corrected chi connectivity index (χ3v) is 5.34. The molecular weight excluding hydrogens is 370 g/mol. The molecular formula is C19H20F2N4O3. The molecule has 1 aliphatic carbocycles. The van der Waals surface area contributed by atoms with Crippen molar-refractivity contribution < 1.29 is 18.7 Å². The van der Waals surface area contributed by atoms with Gasteiger partial charge in [-0.05, 0) is 37.3 Å². The molecule has 28 heavy (non-hydrogen) atoms. The van der Waals surface area contributed by atoms with Crippen LogP contribution in [-0.2, 0) is 0 Å². The van der Waals surface area contributed by atoms with E-state index in [4.69, 9.17) is 5.73 Å². The van der Waals surface area contributed by atoms with Gasteiger partial charge >= 0.3 is 5.97 Å². The third-order valence-electron chi connectivity index (χ3n) is 5.34. The fraction of sp³-hybridized carbons (Fsp3) is 0.421. The number of nitrogens with two attached hydrogens (primary N) is 1. The summed E-state index contributed by atoms with van der Waals surface area (Å²) < 4.78 is 30.1. The normalized spacial score (nSPS) is 17.2. The number of rotatable bonds is 4. The highest BCUT2D eigenvalue weighted by atomic mass is 19.1. The standard InChI is InChI=1S/C19H20F2N4O3/c20-14-7-12-16(26)13(19(27)28)9-25(11-1-2-11)17(12)23-18(14)24-5-3-10(4-6-24)15(21)8-22/h7,9,11H,1-6,8,22H2,(H,27,28). The first-order chi connectivity index (χ1) is 13.4. The Morgan fingerprint density at radius 2 is 2.00 bits per heavy atom. The average Bonchev–Trinajstić information content (AvgIpc) is 3.52. The van der Waals surface area contributed by atoms with E-state index in [1.165, 1.54) is 6.20 Å². The molecule has 1 saturated carbocycles. The number of aromatic carboxylic acids is 1. The molecule has 0 unspecified atom stereocenters. The van der Waals surface area contributed by atoms with Gasteiger partial charge in [-0.1, -0.05) is 0 Å². The number of carboxylic acids is 1. The molecule has 0 aromatic carbocycles. The van der Waals surface area contributed by atoms with Gasteiger partial charge in [0.2, 0.25) is 5.43 Å². The largest absolute Gasteiger partial charge is 0.477 e. The monoisotopic (exact) mass is 390 g/mol. The van der Waals surface area contributed by atoms with Gasteiger partial charge in [0.1, 0.15) is 17.0 Å². The first-order valence-electron chi connectivity index (χ1n) is 9.20. The number of carboxylic acid groups (broad SMARTS) is 1. The number of halogens is 2. The molecule has 3 heterocycles. The van der Waals surface area contributed by atoms with Gasteiger partial charge in [-0.2, -0.15) is 0 Å². The highest BCUT2D eigenvalue weighted by molar-refractivity contribution is 5.92. The van der Waals surface area contributed by atoms with Crippen molar-refractivity contribution in [3.05, 3.63) is 45.3 Å². The Morgan fingerprint density at radius 1 is 1.32 bits per heavy atom. The molecule has 2 aromatic heterocycles. The summed E-state index contributed by atoms with van der Waals surface area (Å²) in [5.74, 6) is -2.27. The topological polar surface area (TPSA) is 101 Å². The summed E-state index contributed by atoms with van der Waals surface area (Å²) in [6.07, 6.45) is 3.85. The average molecular weight is 390 g/mol. The summed E-state index contributed by atoms with van der Waals surface area (Å²) in [5, 5.41) is 9.25. The summed E-state index contributed by atoms with van der Waals surface area (Å²) in [6, 6.07) is 1.12. The number of anilines is 1. The number of piperidine rings is 1. The smallest absolute Gasteiger partial charge is 0.341 e. The van der Waals surface area contributed by atoms with Gasteiger partial charge in [0, 0.05) is 31.9 Å². The Hall–Kier alpha value is -2.81. The second kappa shape index (κ2) is 6.97. The predicted octanol–water partition coefficient (Wildman–Crippen LogP) is 2.35. The molecule has 9 heteroatoms. The number of aromatic nitrogens is 2. The van der Waals surface area contributed by atoms with E-state index in [2.05, 4.69) is 4.98 Å². The molecule has 0 amide bonds. The van der Waals surface area contributed by atoms with Crippen LogP contribution in [0, 0.1) is 5.82 Å². The molecule has 0 bridgehead atoms. The molecule has 2 fully saturated rings. The van der Waals surface area contributed by atoms with E-state index in [9.17, 15) is 23.5 Å². The van der Waals surface area contributed by atoms with Gasteiger partial charge < -0.3 is 20.3 Å².